The monoisotopic (exact) mass is 1070 g/mol. The molecule has 2 N–H and O–H groups in total. The zero-order valence-electron chi connectivity index (χ0n) is 44.5. The highest BCUT2D eigenvalue weighted by molar-refractivity contribution is 7.86. The van der Waals surface area contributed by atoms with Crippen molar-refractivity contribution in [3.8, 4) is 11.5 Å². The van der Waals surface area contributed by atoms with E-state index >= 15 is 0 Å². The first-order valence-corrected chi connectivity index (χ1v) is 28.3. The number of benzene rings is 2. The maximum atomic E-state index is 10.6. The second-order valence-electron chi connectivity index (χ2n) is 16.6. The van der Waals surface area contributed by atoms with Crippen LogP contribution in [0.4, 0.5) is 0 Å². The zero-order valence-corrected chi connectivity index (χ0v) is 46.1. The quantitative estimate of drug-likeness (QED) is 0.0375. The Hall–Kier alpha value is -2.62. The summed E-state index contributed by atoms with van der Waals surface area (Å²) in [4.78, 5) is 9.50. The van der Waals surface area contributed by atoms with Crippen LogP contribution in [0.2, 0.25) is 0 Å². The molecule has 2 rings (SSSR count). The first-order valence-electron chi connectivity index (χ1n) is 24.7. The highest BCUT2D eigenvalue weighted by atomic mass is 32.2. The fourth-order valence-electron chi connectivity index (χ4n) is 5.95. The topological polar surface area (TPSA) is 238 Å². The maximum absolute atomic E-state index is 10.6. The van der Waals surface area contributed by atoms with Crippen molar-refractivity contribution in [2.45, 2.75) is 67.2 Å². The van der Waals surface area contributed by atoms with Crippen LogP contribution in [0.5, 0.6) is 11.5 Å². The van der Waals surface area contributed by atoms with Crippen LogP contribution in [0.3, 0.4) is 0 Å². The molecule has 0 amide bonds. The van der Waals surface area contributed by atoms with Gasteiger partial charge in [-0.2, -0.15) is 16.8 Å². The van der Waals surface area contributed by atoms with Gasteiger partial charge in [-0.15, -0.1) is 0 Å². The molecule has 72 heavy (non-hydrogen) atoms. The number of hydrogen-bond acceptors (Lipinski definition) is 20. The van der Waals surface area contributed by atoms with Crippen LogP contribution >= 0.6 is 0 Å². The molecule has 0 spiro atoms. The molecule has 20 nitrogen and oxygen atoms in total. The minimum absolute atomic E-state index is 0.0413. The summed E-state index contributed by atoms with van der Waals surface area (Å²) in [5, 5.41) is 16.7. The van der Waals surface area contributed by atoms with Gasteiger partial charge < -0.3 is 57.6 Å². The predicted molar refractivity (Wildman–Crippen MR) is 274 cm³/mol. The molecule has 22 heteroatoms. The lowest BCUT2D eigenvalue weighted by molar-refractivity contribution is -0.303. The Morgan fingerprint density at radius 1 is 0.403 bits per heavy atom. The Kier molecular flexibility index (Phi) is 45.2. The Bertz CT molecular complexity index is 1600. The van der Waals surface area contributed by atoms with Crippen LogP contribution in [-0.4, -0.2) is 198 Å². The number of para-hydroxylation sites is 2. The van der Waals surface area contributed by atoms with Crippen molar-refractivity contribution in [3.05, 3.63) is 58.7 Å². The third-order valence-electron chi connectivity index (χ3n) is 9.53. The van der Waals surface area contributed by atoms with E-state index in [2.05, 4.69) is 86.3 Å². The Balaban J connectivity index is 0.00000121. The number of ether oxygens (including phenoxy) is 10. The first-order chi connectivity index (χ1) is 34.5. The lowest BCUT2D eigenvalue weighted by Gasteiger charge is -2.16. The number of aryl methyl sites for hydroxylation is 4. The molecule has 0 aliphatic rings. The van der Waals surface area contributed by atoms with Crippen molar-refractivity contribution in [2.75, 3.05) is 171 Å². The molecule has 2 aromatic carbocycles. The smallest absolute Gasteiger partial charge is 0.264 e. The molecular formula is C50H90O20S2. The zero-order chi connectivity index (χ0) is 53.6. The fourth-order valence-corrected chi connectivity index (χ4v) is 6.69. The van der Waals surface area contributed by atoms with Crippen LogP contribution in [0.15, 0.2) is 36.4 Å². The summed E-state index contributed by atoms with van der Waals surface area (Å²) in [5.74, 6) is 3.06. The molecule has 0 aromatic heterocycles. The van der Waals surface area contributed by atoms with Gasteiger partial charge >= 0.3 is 0 Å². The number of rotatable bonds is 45. The van der Waals surface area contributed by atoms with Crippen LogP contribution < -0.4 is 9.47 Å². The van der Waals surface area contributed by atoms with Gasteiger partial charge in [0, 0.05) is 13.2 Å². The van der Waals surface area contributed by atoms with Crippen LogP contribution in [0, 0.1) is 39.5 Å². The molecule has 422 valence electrons. The lowest BCUT2D eigenvalue weighted by atomic mass is 10.1. The van der Waals surface area contributed by atoms with Crippen molar-refractivity contribution in [1.82, 2.24) is 0 Å². The van der Waals surface area contributed by atoms with Gasteiger partial charge in [0.15, 0.2) is 0 Å². The highest BCUT2D eigenvalue weighted by Gasteiger charge is 2.09. The maximum Gasteiger partial charge on any atom is 0.264 e. The molecular weight excluding hydrogens is 985 g/mol. The first kappa shape index (κ1) is 69.4. The largest absolute Gasteiger partial charge is 0.493 e. The third kappa shape index (κ3) is 46.0. The minimum atomic E-state index is -3.44. The molecule has 0 saturated heterocycles. The molecule has 0 heterocycles. The van der Waals surface area contributed by atoms with Crippen molar-refractivity contribution in [1.29, 1.82) is 0 Å². The number of aliphatic hydroxyl groups excluding tert-OH is 2. The average molecular weight is 1080 g/mol. The molecule has 0 bridgehead atoms. The second kappa shape index (κ2) is 46.9. The summed E-state index contributed by atoms with van der Waals surface area (Å²) in [6.07, 6.45) is 6.17. The average Bonchev–Trinajstić information content (AvgIpc) is 3.32. The number of hydrogen-bond donors (Lipinski definition) is 2. The van der Waals surface area contributed by atoms with Crippen LogP contribution in [0.1, 0.15) is 61.8 Å². The van der Waals surface area contributed by atoms with Gasteiger partial charge in [0.05, 0.1) is 145 Å². The van der Waals surface area contributed by atoms with Gasteiger partial charge in [0.1, 0.15) is 24.7 Å². The predicted octanol–water partition coefficient (Wildman–Crippen LogP) is 5.20. The standard InChI is InChI=1S/C32H50O5.C10H22O10S2.C8H18O5/c1-25(23-36-31-27(3)13-7-14-28(31)4)11-9-17-33-19-21-35-22-20-34-18-10-12-26(2)24-37-32-29(5)15-8-16-30(32)6;1-21(11,12)19-9-5-15-3-7-17-18-8-4-16-6-10-20-22(2,13)14;9-1-3-11-5-7-13-8-6-12-4-2-10/h7-8,13-16,25-26H,9-12,17-24H2,1-6H3;3-10H2,1-2H3;9-10H,1-8H2. The fraction of sp³-hybridized carbons (Fsp3) is 0.760. The molecule has 0 saturated carbocycles. The Morgan fingerprint density at radius 2 is 0.667 bits per heavy atom. The van der Waals surface area contributed by atoms with E-state index in [0.717, 1.165) is 76.1 Å². The van der Waals surface area contributed by atoms with Gasteiger partial charge in [-0.1, -0.05) is 50.2 Å². The minimum Gasteiger partial charge on any atom is -0.493 e. The summed E-state index contributed by atoms with van der Waals surface area (Å²) >= 11 is 0. The summed E-state index contributed by atoms with van der Waals surface area (Å²) < 4.78 is 106. The van der Waals surface area contributed by atoms with Gasteiger partial charge in [-0.05, 0) is 87.5 Å². The van der Waals surface area contributed by atoms with E-state index in [9.17, 15) is 16.8 Å². The van der Waals surface area contributed by atoms with E-state index < -0.39 is 20.2 Å². The van der Waals surface area contributed by atoms with E-state index in [0.29, 0.717) is 77.9 Å². The van der Waals surface area contributed by atoms with E-state index in [4.69, 9.17) is 67.4 Å². The summed E-state index contributed by atoms with van der Waals surface area (Å²) in [7, 11) is -6.88. The van der Waals surface area contributed by atoms with E-state index in [1.807, 2.05) is 0 Å². The van der Waals surface area contributed by atoms with E-state index in [1.54, 1.807) is 0 Å². The van der Waals surface area contributed by atoms with E-state index in [1.165, 1.54) is 22.3 Å². The van der Waals surface area contributed by atoms with Gasteiger partial charge in [-0.25, -0.2) is 9.78 Å². The summed E-state index contributed by atoms with van der Waals surface area (Å²) in [5.41, 5.74) is 4.80. The molecule has 0 aliphatic carbocycles. The van der Waals surface area contributed by atoms with Crippen molar-refractivity contribution in [2.24, 2.45) is 11.8 Å². The molecule has 0 aliphatic heterocycles. The van der Waals surface area contributed by atoms with Crippen LogP contribution in [-0.2, 0) is 76.3 Å². The molecule has 2 atom stereocenters. The van der Waals surface area contributed by atoms with E-state index in [-0.39, 0.29) is 66.1 Å². The van der Waals surface area contributed by atoms with Gasteiger partial charge in [0.2, 0.25) is 0 Å². The highest BCUT2D eigenvalue weighted by Crippen LogP contribution is 2.24. The SMILES string of the molecule is CS(=O)(=O)OCCOCCOOCCOCCOS(C)(=O)=O.Cc1cccc(C)c1OCC(C)CCCOCCOCCOCCCC(C)COc1c(C)cccc1C.OCCOCCOCCOCCO. The molecule has 2 aromatic rings. The van der Waals surface area contributed by atoms with Gasteiger partial charge in [-0.3, -0.25) is 8.37 Å². The Morgan fingerprint density at radius 3 is 0.958 bits per heavy atom. The van der Waals surface area contributed by atoms with Crippen LogP contribution in [0.25, 0.3) is 0 Å². The normalized spacial score (nSPS) is 12.4. The summed E-state index contributed by atoms with van der Waals surface area (Å²) in [6.45, 7) is 22.0. The third-order valence-corrected chi connectivity index (χ3v) is 10.7. The molecule has 2 unspecified atom stereocenters. The number of aliphatic hydroxyl groups is 2. The second-order valence-corrected chi connectivity index (χ2v) is 19.9. The summed E-state index contributed by atoms with van der Waals surface area (Å²) in [6, 6.07) is 12.5. The van der Waals surface area contributed by atoms with Gasteiger partial charge in [0.25, 0.3) is 20.2 Å². The van der Waals surface area contributed by atoms with Crippen molar-refractivity contribution < 1.29 is 92.6 Å². The lowest BCUT2D eigenvalue weighted by Crippen LogP contribution is -2.14. The molecule has 0 radical (unpaired) electrons. The molecule has 0 fully saturated rings. The van der Waals surface area contributed by atoms with Crippen molar-refractivity contribution in [3.63, 3.8) is 0 Å². The Labute approximate surface area is 431 Å². The van der Waals surface area contributed by atoms with Crippen molar-refractivity contribution >= 4 is 20.2 Å².